The number of carbonyl (C=O) groups is 14. The molecule has 2 N–H and O–H groups in total. The number of pyridine rings is 1. The van der Waals surface area contributed by atoms with Gasteiger partial charge in [0.1, 0.15) is 113 Å². The lowest BCUT2D eigenvalue weighted by molar-refractivity contribution is -0.914. The molecule has 45 heteroatoms. The topological polar surface area (TPSA) is 351 Å². The van der Waals surface area contributed by atoms with Gasteiger partial charge in [-0.25, -0.2) is 72.1 Å². The minimum atomic E-state index is -1.23. The summed E-state index contributed by atoms with van der Waals surface area (Å²) in [6.07, 6.45) is -15.3. The summed E-state index contributed by atoms with van der Waals surface area (Å²) in [6, 6.07) is 6.84. The van der Waals surface area contributed by atoms with Gasteiger partial charge >= 0.3 is 84.4 Å². The van der Waals surface area contributed by atoms with Crippen LogP contribution in [-0.2, 0) is 6.54 Å². The first-order valence-corrected chi connectivity index (χ1v) is 34.4. The van der Waals surface area contributed by atoms with E-state index in [1.807, 2.05) is 12.3 Å². The molecular weight excluding hydrogens is 1350 g/mol. The van der Waals surface area contributed by atoms with Gasteiger partial charge in [-0.15, -0.1) is 0 Å². The van der Waals surface area contributed by atoms with E-state index in [1.54, 1.807) is 0 Å². The van der Waals surface area contributed by atoms with Crippen LogP contribution in [0.4, 0.5) is 72.9 Å². The average Bonchev–Trinajstić information content (AvgIpc) is 1.52. The lowest BCUT2D eigenvalue weighted by Crippen LogP contribution is -3.15. The highest BCUT2D eigenvalue weighted by Crippen LogP contribution is 2.52. The van der Waals surface area contributed by atoms with Crippen molar-refractivity contribution in [2.45, 2.75) is 92.9 Å². The normalized spacial score (nSPS) is 35.2. The van der Waals surface area contributed by atoms with Crippen molar-refractivity contribution in [1.82, 2.24) is 142 Å². The van der Waals surface area contributed by atoms with Gasteiger partial charge in [0.2, 0.25) is 5.82 Å². The minimum Gasteiger partial charge on any atom is -0.335 e. The fraction of sp³-hybridized carbons (Fsp3) is 0.569. The predicted octanol–water partition coefficient (Wildman–Crippen LogP) is -6.67. The van der Waals surface area contributed by atoms with Crippen molar-refractivity contribution in [3.63, 3.8) is 0 Å². The highest BCUT2D eigenvalue weighted by molar-refractivity contribution is 5.96. The van der Waals surface area contributed by atoms with E-state index in [0.717, 1.165) is 25.5 Å². The van der Waals surface area contributed by atoms with Crippen LogP contribution in [0, 0.1) is 0 Å². The fourth-order valence-corrected chi connectivity index (χ4v) is 20.8. The zero-order valence-electron chi connectivity index (χ0n) is 55.0. The molecule has 21 fully saturated rings. The van der Waals surface area contributed by atoms with Gasteiger partial charge in [0.25, 0.3) is 0 Å². The molecule has 0 bridgehead atoms. The van der Waals surface area contributed by atoms with E-state index < -0.39 is 264 Å². The number of amides is 28. The van der Waals surface area contributed by atoms with E-state index >= 15 is 67.1 Å². The number of nitrogens with one attached hydrogen (secondary N) is 2. The second kappa shape index (κ2) is 18.8. The summed E-state index contributed by atoms with van der Waals surface area (Å²) >= 11 is 0. The first kappa shape index (κ1) is 57.8. The third-order valence-electron chi connectivity index (χ3n) is 25.2. The Hall–Kier alpha value is -11.9. The van der Waals surface area contributed by atoms with Gasteiger partial charge in [0.15, 0.2) is 86.3 Å². The van der Waals surface area contributed by atoms with Crippen LogP contribution in [0.25, 0.3) is 0 Å². The standard InChI is InChI=1S/C42H42N28O14.C16H21N3/c71-29-43-1-44-16-18-48(30(44)72)4-52-20-22-56(34(52)76)8-60-24-26-64(38(60)80)12-68-28-27-67(41(68)83)11-63-25-23-59(37(63)79)7-55-21-19-51(33(55)75)3-47(29)17-15(43)45-2-46(16)32(74)50(18)6-54(20)36(78)58(22)10-62(24)40(82)66(26)14-70(28)42(84)69(27)13-65(25)39(81)61(23)9-57(21)35(77)53(19)5-49(17)31(45)73;1-18(2)12-13-19(16-10-6-7-11-17-16)14-15-8-4-3-5-9-15/h15-28H,1-14H2;3-11H,12-14H2,1-2H3/p+2. The summed E-state index contributed by atoms with van der Waals surface area (Å²) in [4.78, 5) is 259. The van der Waals surface area contributed by atoms with Gasteiger partial charge in [0, 0.05) is 17.8 Å². The molecule has 0 spiro atoms. The molecule has 0 aliphatic carbocycles. The molecule has 21 aliphatic rings. The summed E-state index contributed by atoms with van der Waals surface area (Å²) in [5, 5.41) is 0. The van der Waals surface area contributed by atoms with Crippen LogP contribution < -0.4 is 9.80 Å². The molecule has 21 saturated heterocycles. The van der Waals surface area contributed by atoms with Gasteiger partial charge < -0.3 is 4.90 Å². The van der Waals surface area contributed by atoms with E-state index in [2.05, 4.69) is 61.5 Å². The van der Waals surface area contributed by atoms with Crippen molar-refractivity contribution < 1.29 is 76.9 Å². The van der Waals surface area contributed by atoms with Gasteiger partial charge in [0.05, 0.1) is 14.1 Å². The maximum absolute atomic E-state index is 15.3. The molecule has 0 saturated carbocycles. The van der Waals surface area contributed by atoms with Crippen LogP contribution in [0.3, 0.4) is 0 Å². The summed E-state index contributed by atoms with van der Waals surface area (Å²) in [5.41, 5.74) is 1.36. The quantitative estimate of drug-likeness (QED) is 0.272. The van der Waals surface area contributed by atoms with Crippen LogP contribution in [0.15, 0.2) is 54.7 Å². The van der Waals surface area contributed by atoms with Crippen LogP contribution in [-0.4, -0.2) is 433 Å². The molecule has 23 rings (SSSR count). The van der Waals surface area contributed by atoms with E-state index in [-0.39, 0.29) is 0 Å². The van der Waals surface area contributed by atoms with E-state index in [0.29, 0.717) is 0 Å². The Labute approximate surface area is 581 Å². The number of hydrogen-bond donors (Lipinski definition) is 2. The molecule has 22 heterocycles. The molecule has 103 heavy (non-hydrogen) atoms. The Morgan fingerprint density at radius 3 is 0.583 bits per heavy atom. The number of urea groups is 14. The molecule has 45 nitrogen and oxygen atoms in total. The van der Waals surface area contributed by atoms with Crippen molar-refractivity contribution in [3.8, 4) is 0 Å². The largest absolute Gasteiger partial charge is 0.335 e. The van der Waals surface area contributed by atoms with E-state index in [9.17, 15) is 0 Å². The number of likely N-dealkylation sites (N-methyl/N-ethyl adjacent to an activating group) is 1. The van der Waals surface area contributed by atoms with Crippen LogP contribution >= 0.6 is 0 Å². The van der Waals surface area contributed by atoms with Crippen molar-refractivity contribution >= 4 is 90.3 Å². The van der Waals surface area contributed by atoms with Crippen LogP contribution in [0.5, 0.6) is 0 Å². The summed E-state index contributed by atoms with van der Waals surface area (Å²) in [5.74, 6) is 1.13. The number of aromatic nitrogens is 1. The summed E-state index contributed by atoms with van der Waals surface area (Å²) in [7, 11) is 4.39. The first-order chi connectivity index (χ1) is 49.8. The maximum atomic E-state index is 15.3. The lowest BCUT2D eigenvalue weighted by atomic mass is 10.2. The molecule has 0 radical (unpaired) electrons. The molecular formula is C58H65N31O14+2. The van der Waals surface area contributed by atoms with Crippen molar-refractivity contribution in [2.24, 2.45) is 0 Å². The monoisotopic (exact) mass is 1420 g/mol. The van der Waals surface area contributed by atoms with Crippen molar-refractivity contribution in [3.05, 3.63) is 60.3 Å². The van der Waals surface area contributed by atoms with Gasteiger partial charge in [-0.2, -0.15) is 0 Å². The number of nitrogens with zero attached hydrogens (tertiary/aromatic N) is 29. The highest BCUT2D eigenvalue weighted by Gasteiger charge is 2.77. The number of hydrogen-bond acceptors (Lipinski definition) is 15. The Balaban J connectivity index is 0.000000300. The van der Waals surface area contributed by atoms with Crippen molar-refractivity contribution in [2.75, 3.05) is 121 Å². The number of benzene rings is 1. The zero-order chi connectivity index (χ0) is 69.7. The zero-order valence-corrected chi connectivity index (χ0v) is 55.0. The smallest absolute Gasteiger partial charge is 0.326 e. The van der Waals surface area contributed by atoms with E-state index in [1.165, 1.54) is 153 Å². The molecule has 28 amide bonds. The Morgan fingerprint density at radius 2 is 0.427 bits per heavy atom. The average molecular weight is 1420 g/mol. The highest BCUT2D eigenvalue weighted by atomic mass is 16.3. The molecule has 2 aromatic rings. The lowest BCUT2D eigenvalue weighted by Gasteiger charge is -2.42. The second-order valence-electron chi connectivity index (χ2n) is 30.1. The molecule has 21 aliphatic heterocycles. The number of rotatable bonds is 6. The number of carbonyl (C=O) groups excluding carboxylic acids is 14. The van der Waals surface area contributed by atoms with Crippen LogP contribution in [0.2, 0.25) is 0 Å². The third-order valence-corrected chi connectivity index (χ3v) is 25.2. The Morgan fingerprint density at radius 1 is 0.252 bits per heavy atom. The SMILES string of the molecule is C[NH+](C)CC[NH+](Cc1ccccc1)c1ccccn1.O=C1N2CN3C(=O)N4CN5C(=O)N6CN7C(=O)N8CN9C(=O)N%10CN%11C(=O)N%12CN%13C(=O)N%14CN1C1C2N2CN%15C(=O)N(CN%16C(=O)N(CN%17C(=O)N(CN%18C(=O)N(CN%19C(=O)N(CN%20C(=O)N(CN1C2=O)C%14C%13%20)C%12C%11%19)C%10C9%18)C8C7%17)C6C5%16)C4C3%15. The molecule has 1 atom stereocenters. The van der Waals surface area contributed by atoms with Gasteiger partial charge in [-0.3, -0.25) is 142 Å². The maximum Gasteiger partial charge on any atom is 0.326 e. The number of quaternary nitrogens is 2. The minimum absolute atomic E-state index is 0.507. The van der Waals surface area contributed by atoms with Crippen LogP contribution in [0.1, 0.15) is 5.56 Å². The third kappa shape index (κ3) is 6.61. The Bertz CT molecular complexity index is 3380. The summed E-state index contributed by atoms with van der Waals surface area (Å²) < 4.78 is 0. The molecule has 1 aromatic carbocycles. The first-order valence-electron chi connectivity index (χ1n) is 34.4. The molecule has 1 unspecified atom stereocenters. The second-order valence-corrected chi connectivity index (χ2v) is 30.1. The van der Waals surface area contributed by atoms with Crippen molar-refractivity contribution in [1.29, 1.82) is 0 Å². The predicted molar refractivity (Wildman–Crippen MR) is 326 cm³/mol. The fourth-order valence-electron chi connectivity index (χ4n) is 20.8. The van der Waals surface area contributed by atoms with E-state index in [4.69, 9.17) is 0 Å². The Kier molecular flexibility index (Phi) is 10.5. The summed E-state index contributed by atoms with van der Waals surface area (Å²) in [6.45, 7) is -3.88. The molecule has 534 valence electrons. The molecule has 1 aromatic heterocycles. The van der Waals surface area contributed by atoms with Gasteiger partial charge in [-0.1, -0.05) is 36.4 Å². The van der Waals surface area contributed by atoms with Gasteiger partial charge in [-0.05, 0) is 6.07 Å².